The normalized spacial score (nSPS) is 13.4. The zero-order valence-electron chi connectivity index (χ0n) is 20.0. The highest BCUT2D eigenvalue weighted by Crippen LogP contribution is 2.47. The zero-order chi connectivity index (χ0) is 26.5. The summed E-state index contributed by atoms with van der Waals surface area (Å²) in [5.74, 6) is -0.535. The molecule has 1 aromatic heterocycles. The molecule has 1 amide bonds. The molecule has 0 aliphatic heterocycles. The fourth-order valence-corrected chi connectivity index (χ4v) is 6.18. The van der Waals surface area contributed by atoms with Crippen LogP contribution in [0.5, 0.6) is 0 Å². The van der Waals surface area contributed by atoms with Crippen molar-refractivity contribution in [1.82, 2.24) is 10.3 Å². The number of carbonyl (C=O) groups excluding carboxylic acids is 1. The number of benzene rings is 2. The predicted molar refractivity (Wildman–Crippen MR) is 141 cm³/mol. The number of aryl methyl sites for hydroxylation is 1. The summed E-state index contributed by atoms with van der Waals surface area (Å²) in [6, 6.07) is 11.9. The number of nitriles is 1. The Kier molecular flexibility index (Phi) is 8.38. The molecule has 0 aliphatic carbocycles. The van der Waals surface area contributed by atoms with E-state index in [-0.39, 0.29) is 22.8 Å². The van der Waals surface area contributed by atoms with Crippen LogP contribution in [-0.4, -0.2) is 43.1 Å². The van der Waals surface area contributed by atoms with E-state index in [0.717, 1.165) is 5.56 Å². The first kappa shape index (κ1) is 26.8. The van der Waals surface area contributed by atoms with Gasteiger partial charge in [0, 0.05) is 40.5 Å². The number of hydrogen-bond acceptors (Lipinski definition) is 6. The lowest BCUT2D eigenvalue weighted by atomic mass is 10.2. The molecule has 0 bridgehead atoms. The minimum absolute atomic E-state index is 0.0479. The SMILES string of the molecule is C=[N+](/C=C(\C=C/N)CNC(=O)c1[nH]c2ccc(Cl)cc2c1P(=O)(OC)c1cc(C)cc(C#N)c1)OC. The van der Waals surface area contributed by atoms with E-state index in [1.807, 2.05) is 0 Å². The Morgan fingerprint density at radius 3 is 2.72 bits per heavy atom. The molecule has 36 heavy (non-hydrogen) atoms. The van der Waals surface area contributed by atoms with E-state index in [2.05, 4.69) is 23.1 Å². The quantitative estimate of drug-likeness (QED) is 0.129. The molecule has 186 valence electrons. The molecule has 4 N–H and O–H groups in total. The Morgan fingerprint density at radius 2 is 2.08 bits per heavy atom. The van der Waals surface area contributed by atoms with Crippen molar-refractivity contribution in [2.24, 2.45) is 5.73 Å². The summed E-state index contributed by atoms with van der Waals surface area (Å²) < 4.78 is 21.3. The van der Waals surface area contributed by atoms with E-state index in [9.17, 15) is 14.6 Å². The van der Waals surface area contributed by atoms with Gasteiger partial charge in [-0.2, -0.15) is 5.26 Å². The Morgan fingerprint density at radius 1 is 1.33 bits per heavy atom. The third kappa shape index (κ3) is 5.52. The van der Waals surface area contributed by atoms with E-state index in [1.165, 1.54) is 31.2 Å². The third-order valence-corrected chi connectivity index (χ3v) is 8.09. The largest absolute Gasteiger partial charge is 0.405 e. The van der Waals surface area contributed by atoms with Crippen LogP contribution < -0.4 is 21.7 Å². The van der Waals surface area contributed by atoms with Crippen LogP contribution >= 0.6 is 19.0 Å². The number of carbonyl (C=O) groups is 1. The number of H-pyrrole nitrogens is 1. The molecule has 2 aromatic carbocycles. The van der Waals surface area contributed by atoms with Crippen LogP contribution in [0.4, 0.5) is 0 Å². The summed E-state index contributed by atoms with van der Waals surface area (Å²) in [5.41, 5.74) is 7.76. The minimum Gasteiger partial charge on any atom is -0.405 e. The Balaban J connectivity index is 2.17. The standard InChI is InChI=1S/C25H25ClN5O4P/c1-16-9-18(13-28)11-20(10-16)36(33,35-4)24-21-12-19(26)5-6-22(21)30-23(24)25(32)29-14-17(7-8-27)15-31(2)34-3/h5-12,15H,2,14,27H2,1,3-4H3,(H-,29,30,32,33)/p+1/b8-7-,17-15+. The van der Waals surface area contributed by atoms with Gasteiger partial charge in [-0.3, -0.25) is 14.2 Å². The number of nitrogens with one attached hydrogen (secondary N) is 2. The highest BCUT2D eigenvalue weighted by molar-refractivity contribution is 7.75. The highest BCUT2D eigenvalue weighted by atomic mass is 35.5. The number of hydrogen-bond donors (Lipinski definition) is 3. The summed E-state index contributed by atoms with van der Waals surface area (Å²) in [4.78, 5) is 21.5. The van der Waals surface area contributed by atoms with Gasteiger partial charge in [-0.25, -0.2) is 0 Å². The number of nitrogens with two attached hydrogens (primary N) is 1. The van der Waals surface area contributed by atoms with Gasteiger partial charge in [-0.05, 0) is 65.9 Å². The second kappa shape index (κ2) is 11.3. The molecular weight excluding hydrogens is 501 g/mol. The Labute approximate surface area is 213 Å². The molecule has 0 saturated heterocycles. The van der Waals surface area contributed by atoms with E-state index < -0.39 is 13.3 Å². The van der Waals surface area contributed by atoms with Crippen molar-refractivity contribution < 1.29 is 23.5 Å². The molecule has 3 rings (SSSR count). The van der Waals surface area contributed by atoms with Gasteiger partial charge in [0.25, 0.3) is 13.3 Å². The van der Waals surface area contributed by atoms with Crippen LogP contribution in [-0.2, 0) is 13.9 Å². The van der Waals surface area contributed by atoms with Crippen LogP contribution in [0.1, 0.15) is 21.6 Å². The van der Waals surface area contributed by atoms with Crippen molar-refractivity contribution in [3.63, 3.8) is 0 Å². The molecule has 1 atom stereocenters. The molecule has 1 unspecified atom stereocenters. The number of rotatable bonds is 9. The van der Waals surface area contributed by atoms with Gasteiger partial charge in [-0.15, -0.1) is 0 Å². The number of halogens is 1. The lowest BCUT2D eigenvalue weighted by molar-refractivity contribution is -0.726. The van der Waals surface area contributed by atoms with E-state index >= 15 is 0 Å². The van der Waals surface area contributed by atoms with Crippen molar-refractivity contribution in [3.8, 4) is 6.07 Å². The summed E-state index contributed by atoms with van der Waals surface area (Å²) in [6.45, 7) is 5.52. The van der Waals surface area contributed by atoms with Gasteiger partial charge in [0.15, 0.2) is 6.72 Å². The number of amides is 1. The van der Waals surface area contributed by atoms with Gasteiger partial charge < -0.3 is 20.6 Å². The second-order valence-corrected chi connectivity index (χ2v) is 10.7. The first-order valence-electron chi connectivity index (χ1n) is 10.7. The van der Waals surface area contributed by atoms with Gasteiger partial charge in [0.1, 0.15) is 12.8 Å². The number of aromatic nitrogens is 1. The van der Waals surface area contributed by atoms with Crippen LogP contribution in [0.25, 0.3) is 10.9 Å². The fourth-order valence-electron chi connectivity index (χ4n) is 3.72. The molecule has 0 fully saturated rings. The first-order chi connectivity index (χ1) is 17.2. The van der Waals surface area contributed by atoms with Crippen molar-refractivity contribution in [2.75, 3.05) is 20.8 Å². The summed E-state index contributed by atoms with van der Waals surface area (Å²) in [6.07, 6.45) is 4.45. The lowest BCUT2D eigenvalue weighted by Crippen LogP contribution is -2.31. The van der Waals surface area contributed by atoms with Gasteiger partial charge in [0.05, 0.1) is 16.9 Å². The van der Waals surface area contributed by atoms with E-state index in [0.29, 0.717) is 27.1 Å². The van der Waals surface area contributed by atoms with Crippen LogP contribution in [0, 0.1) is 18.3 Å². The predicted octanol–water partition coefficient (Wildman–Crippen LogP) is 3.24. The third-order valence-electron chi connectivity index (χ3n) is 5.35. The van der Waals surface area contributed by atoms with Gasteiger partial charge in [-0.1, -0.05) is 11.6 Å². The zero-order valence-corrected chi connectivity index (χ0v) is 21.7. The smallest absolute Gasteiger partial charge is 0.268 e. The molecule has 0 spiro atoms. The monoisotopic (exact) mass is 526 g/mol. The molecule has 3 aromatic rings. The number of fused-ring (bicyclic) bond motifs is 1. The van der Waals surface area contributed by atoms with Crippen LogP contribution in [0.15, 0.2) is 60.4 Å². The number of hydroxylamine groups is 1. The van der Waals surface area contributed by atoms with Crippen molar-refractivity contribution in [2.45, 2.75) is 6.92 Å². The Hall–Kier alpha value is -3.83. The maximum Gasteiger partial charge on any atom is 0.268 e. The van der Waals surface area contributed by atoms with Crippen LogP contribution in [0.3, 0.4) is 0 Å². The van der Waals surface area contributed by atoms with E-state index in [4.69, 9.17) is 26.7 Å². The fraction of sp³-hybridized carbons (Fsp3) is 0.160. The molecule has 1 heterocycles. The molecule has 0 aliphatic rings. The maximum absolute atomic E-state index is 14.5. The summed E-state index contributed by atoms with van der Waals surface area (Å²) >= 11 is 6.25. The van der Waals surface area contributed by atoms with Crippen molar-refractivity contribution >= 4 is 53.1 Å². The number of aromatic amines is 1. The maximum atomic E-state index is 14.5. The second-order valence-electron chi connectivity index (χ2n) is 7.79. The molecule has 11 heteroatoms. The lowest BCUT2D eigenvalue weighted by Gasteiger charge is -2.19. The topological polar surface area (TPSA) is 133 Å². The molecular formula is C25H26ClN5O4P+. The van der Waals surface area contributed by atoms with Gasteiger partial charge >= 0.3 is 0 Å². The molecule has 9 nitrogen and oxygen atoms in total. The summed E-state index contributed by atoms with van der Waals surface area (Å²) in [7, 11) is -1.11. The average molecular weight is 527 g/mol. The highest BCUT2D eigenvalue weighted by Gasteiger charge is 2.36. The van der Waals surface area contributed by atoms with Gasteiger partial charge in [0.2, 0.25) is 6.20 Å². The van der Waals surface area contributed by atoms with Crippen molar-refractivity contribution in [1.29, 1.82) is 5.26 Å². The van der Waals surface area contributed by atoms with Crippen LogP contribution in [0.2, 0.25) is 5.02 Å². The molecule has 0 radical (unpaired) electrons. The Bertz CT molecular complexity index is 1490. The van der Waals surface area contributed by atoms with E-state index in [1.54, 1.807) is 49.5 Å². The summed E-state index contributed by atoms with van der Waals surface area (Å²) in [5, 5.41) is 13.6. The molecule has 0 saturated carbocycles. The number of nitrogens with zero attached hydrogens (tertiary/aromatic N) is 2. The minimum atomic E-state index is -3.86. The average Bonchev–Trinajstić information content (AvgIpc) is 3.25. The first-order valence-corrected chi connectivity index (χ1v) is 12.7. The van der Waals surface area contributed by atoms with Crippen molar-refractivity contribution in [3.05, 3.63) is 82.3 Å².